The Morgan fingerprint density at radius 1 is 1.04 bits per heavy atom. The smallest absolute Gasteiger partial charge is 0.309 e. The molecule has 3 aromatic rings. The molecular weight excluding hydrogens is 358 g/mol. The van der Waals surface area contributed by atoms with E-state index >= 15 is 0 Å². The monoisotopic (exact) mass is 379 g/mol. The molecule has 0 saturated carbocycles. The second-order valence-corrected chi connectivity index (χ2v) is 5.95. The maximum absolute atomic E-state index is 11.9. The number of nitrogen functional groups attached to an aromatic ring is 1. The van der Waals surface area contributed by atoms with Crippen LogP contribution in [0.2, 0.25) is 0 Å². The van der Waals surface area contributed by atoms with Crippen molar-refractivity contribution < 1.29 is 14.3 Å². The number of anilines is 3. The average Bonchev–Trinajstić information content (AvgIpc) is 2.68. The SMILES string of the molecule is Cc1ccccc1OCCC(=O)OCc1nc(N)nc(Nc2ccccc2)n1. The Hall–Kier alpha value is -3.68. The van der Waals surface area contributed by atoms with Crippen molar-refractivity contribution in [3.8, 4) is 5.75 Å². The largest absolute Gasteiger partial charge is 0.493 e. The highest BCUT2D eigenvalue weighted by Gasteiger charge is 2.09. The zero-order chi connectivity index (χ0) is 19.8. The summed E-state index contributed by atoms with van der Waals surface area (Å²) in [5.41, 5.74) is 7.53. The highest BCUT2D eigenvalue weighted by Crippen LogP contribution is 2.16. The van der Waals surface area contributed by atoms with Crippen LogP contribution in [0.4, 0.5) is 17.6 Å². The van der Waals surface area contributed by atoms with Crippen molar-refractivity contribution in [2.75, 3.05) is 17.7 Å². The van der Waals surface area contributed by atoms with Crippen molar-refractivity contribution in [3.63, 3.8) is 0 Å². The van der Waals surface area contributed by atoms with Gasteiger partial charge in [-0.2, -0.15) is 15.0 Å². The van der Waals surface area contributed by atoms with Crippen molar-refractivity contribution in [3.05, 3.63) is 66.0 Å². The minimum absolute atomic E-state index is 0.0439. The first-order chi connectivity index (χ1) is 13.6. The molecule has 0 aliphatic heterocycles. The molecule has 0 fully saturated rings. The van der Waals surface area contributed by atoms with E-state index in [2.05, 4.69) is 20.3 Å². The van der Waals surface area contributed by atoms with E-state index in [0.717, 1.165) is 17.0 Å². The lowest BCUT2D eigenvalue weighted by atomic mass is 10.2. The quantitative estimate of drug-likeness (QED) is 0.574. The van der Waals surface area contributed by atoms with Gasteiger partial charge in [0.1, 0.15) is 5.75 Å². The average molecular weight is 379 g/mol. The van der Waals surface area contributed by atoms with Crippen LogP contribution >= 0.6 is 0 Å². The molecule has 2 aromatic carbocycles. The Morgan fingerprint density at radius 3 is 2.57 bits per heavy atom. The van der Waals surface area contributed by atoms with E-state index in [4.69, 9.17) is 15.2 Å². The number of carbonyl (C=O) groups excluding carboxylic acids is 1. The molecular formula is C20H21N5O3. The third kappa shape index (κ3) is 5.66. The number of aryl methyl sites for hydroxylation is 1. The first-order valence-electron chi connectivity index (χ1n) is 8.77. The number of carbonyl (C=O) groups is 1. The molecule has 8 heteroatoms. The van der Waals surface area contributed by atoms with Crippen LogP contribution in [0.1, 0.15) is 17.8 Å². The highest BCUT2D eigenvalue weighted by atomic mass is 16.5. The number of hydrogen-bond donors (Lipinski definition) is 2. The van der Waals surface area contributed by atoms with Gasteiger partial charge in [0, 0.05) is 5.69 Å². The lowest BCUT2D eigenvalue weighted by Crippen LogP contribution is -2.13. The van der Waals surface area contributed by atoms with E-state index in [-0.39, 0.29) is 37.4 Å². The lowest BCUT2D eigenvalue weighted by Gasteiger charge is -2.09. The van der Waals surface area contributed by atoms with Crippen LogP contribution < -0.4 is 15.8 Å². The third-order valence-corrected chi connectivity index (χ3v) is 3.75. The first kappa shape index (κ1) is 19.1. The van der Waals surface area contributed by atoms with Crippen LogP contribution in [0.5, 0.6) is 5.75 Å². The maximum atomic E-state index is 11.9. The molecule has 0 spiro atoms. The minimum Gasteiger partial charge on any atom is -0.493 e. The number of nitrogens with zero attached hydrogens (tertiary/aromatic N) is 3. The van der Waals surface area contributed by atoms with Crippen molar-refractivity contribution in [2.24, 2.45) is 0 Å². The molecule has 0 aliphatic carbocycles. The van der Waals surface area contributed by atoms with Crippen LogP contribution in [-0.4, -0.2) is 27.5 Å². The fraction of sp³-hybridized carbons (Fsp3) is 0.200. The standard InChI is InChI=1S/C20H21N5O3/c1-14-7-5-6-10-16(14)27-12-11-18(26)28-13-17-23-19(21)25-20(24-17)22-15-8-3-2-4-9-15/h2-10H,11-13H2,1H3,(H3,21,22,23,24,25). The molecule has 28 heavy (non-hydrogen) atoms. The zero-order valence-electron chi connectivity index (χ0n) is 15.5. The Bertz CT molecular complexity index is 934. The number of nitrogens with two attached hydrogens (primary N) is 1. The number of ether oxygens (including phenoxy) is 2. The second kappa shape index (κ2) is 9.31. The molecule has 0 saturated heterocycles. The summed E-state index contributed by atoms with van der Waals surface area (Å²) in [6, 6.07) is 17.0. The Morgan fingerprint density at radius 2 is 1.79 bits per heavy atom. The Kier molecular flexibility index (Phi) is 6.35. The van der Waals surface area contributed by atoms with Gasteiger partial charge in [-0.25, -0.2) is 0 Å². The van der Waals surface area contributed by atoms with Gasteiger partial charge in [-0.1, -0.05) is 36.4 Å². The zero-order valence-corrected chi connectivity index (χ0v) is 15.5. The maximum Gasteiger partial charge on any atom is 0.309 e. The van der Waals surface area contributed by atoms with Crippen LogP contribution in [0.15, 0.2) is 54.6 Å². The van der Waals surface area contributed by atoms with Crippen LogP contribution in [0.25, 0.3) is 0 Å². The summed E-state index contributed by atoms with van der Waals surface area (Å²) in [6.07, 6.45) is 0.115. The van der Waals surface area contributed by atoms with Gasteiger partial charge >= 0.3 is 5.97 Å². The van der Waals surface area contributed by atoms with Gasteiger partial charge in [-0.3, -0.25) is 4.79 Å². The van der Waals surface area contributed by atoms with Crippen molar-refractivity contribution >= 4 is 23.6 Å². The predicted molar refractivity (Wildman–Crippen MR) is 105 cm³/mol. The van der Waals surface area contributed by atoms with Crippen LogP contribution in [0, 0.1) is 6.92 Å². The Labute approximate surface area is 162 Å². The lowest BCUT2D eigenvalue weighted by molar-refractivity contribution is -0.145. The number of esters is 1. The highest BCUT2D eigenvalue weighted by molar-refractivity contribution is 5.69. The van der Waals surface area contributed by atoms with Gasteiger partial charge in [0.25, 0.3) is 0 Å². The fourth-order valence-electron chi connectivity index (χ4n) is 2.39. The van der Waals surface area contributed by atoms with Gasteiger partial charge in [-0.05, 0) is 30.7 Å². The first-order valence-corrected chi connectivity index (χ1v) is 8.77. The molecule has 0 atom stereocenters. The molecule has 0 bridgehead atoms. The van der Waals surface area contributed by atoms with Gasteiger partial charge in [0.15, 0.2) is 12.4 Å². The van der Waals surface area contributed by atoms with E-state index in [9.17, 15) is 4.79 Å². The van der Waals surface area contributed by atoms with E-state index in [0.29, 0.717) is 0 Å². The minimum atomic E-state index is -0.412. The molecule has 0 aliphatic rings. The summed E-state index contributed by atoms with van der Waals surface area (Å²) >= 11 is 0. The van der Waals surface area contributed by atoms with Gasteiger partial charge in [0.05, 0.1) is 13.0 Å². The van der Waals surface area contributed by atoms with Crippen LogP contribution in [0.3, 0.4) is 0 Å². The Balaban J connectivity index is 1.49. The van der Waals surface area contributed by atoms with E-state index in [1.54, 1.807) is 0 Å². The molecule has 0 radical (unpaired) electrons. The summed E-state index contributed by atoms with van der Waals surface area (Å²) in [4.78, 5) is 24.2. The topological polar surface area (TPSA) is 112 Å². The molecule has 144 valence electrons. The summed E-state index contributed by atoms with van der Waals surface area (Å²) < 4.78 is 10.8. The fourth-order valence-corrected chi connectivity index (χ4v) is 2.39. The normalized spacial score (nSPS) is 10.3. The van der Waals surface area contributed by atoms with E-state index in [1.165, 1.54) is 0 Å². The number of nitrogens with one attached hydrogen (secondary N) is 1. The number of para-hydroxylation sites is 2. The summed E-state index contributed by atoms with van der Waals surface area (Å²) in [6.45, 7) is 2.07. The van der Waals surface area contributed by atoms with Gasteiger partial charge in [-0.15, -0.1) is 0 Å². The third-order valence-electron chi connectivity index (χ3n) is 3.75. The van der Waals surface area contributed by atoms with Crippen molar-refractivity contribution in [1.82, 2.24) is 15.0 Å². The number of hydrogen-bond acceptors (Lipinski definition) is 8. The van der Waals surface area contributed by atoms with Crippen molar-refractivity contribution in [2.45, 2.75) is 20.0 Å². The van der Waals surface area contributed by atoms with Gasteiger partial charge in [0.2, 0.25) is 11.9 Å². The number of rotatable bonds is 8. The molecule has 3 rings (SSSR count). The summed E-state index contributed by atoms with van der Waals surface area (Å²) in [5, 5.41) is 3.03. The van der Waals surface area contributed by atoms with Crippen molar-refractivity contribution in [1.29, 1.82) is 0 Å². The summed E-state index contributed by atoms with van der Waals surface area (Å²) in [7, 11) is 0. The van der Waals surface area contributed by atoms with E-state index < -0.39 is 5.97 Å². The van der Waals surface area contributed by atoms with Crippen LogP contribution in [-0.2, 0) is 16.1 Å². The second-order valence-electron chi connectivity index (χ2n) is 5.95. The van der Waals surface area contributed by atoms with E-state index in [1.807, 2.05) is 61.5 Å². The number of aromatic nitrogens is 3. The molecule has 8 nitrogen and oxygen atoms in total. The number of benzene rings is 2. The molecule has 1 aromatic heterocycles. The molecule has 0 amide bonds. The molecule has 0 unspecified atom stereocenters. The molecule has 1 heterocycles. The van der Waals surface area contributed by atoms with Gasteiger partial charge < -0.3 is 20.5 Å². The molecule has 3 N–H and O–H groups in total. The predicted octanol–water partition coefficient (Wildman–Crippen LogP) is 3.02. The summed E-state index contributed by atoms with van der Waals surface area (Å²) in [5.74, 6) is 0.927.